The first-order valence-corrected chi connectivity index (χ1v) is 22.6. The average molecular weight is 811 g/mol. The molecule has 10 atom stereocenters. The van der Waals surface area contributed by atoms with Crippen LogP contribution in [0.1, 0.15) is 126 Å². The number of carbonyl (C=O) groups excluding carboxylic acids is 4. The maximum atomic E-state index is 13.9. The SMILES string of the molecule is CC(C)CCCC(C)C1CCC2C3CC=C4CC(OC(=O)CC(NC(=O)C(OC(=O)n5c6ccccc6c6ccccc65)C(C)C)C(=O)CF)CCC4(C)C3CCC12C. The molecule has 4 aliphatic carbocycles. The van der Waals surface area contributed by atoms with Crippen LogP contribution in [-0.4, -0.2) is 53.2 Å². The fraction of sp³-hybridized carbons (Fsp3) is 0.640. The van der Waals surface area contributed by atoms with Gasteiger partial charge in [-0.05, 0) is 109 Å². The number of aromatic nitrogens is 1. The highest BCUT2D eigenvalue weighted by atomic mass is 19.1. The minimum Gasteiger partial charge on any atom is -0.462 e. The summed E-state index contributed by atoms with van der Waals surface area (Å²) in [6.45, 7) is 14.3. The topological polar surface area (TPSA) is 104 Å². The third-order valence-electron chi connectivity index (χ3n) is 15.6. The van der Waals surface area contributed by atoms with Crippen molar-refractivity contribution in [2.45, 2.75) is 144 Å². The summed E-state index contributed by atoms with van der Waals surface area (Å²) < 4.78 is 27.2. The summed E-state index contributed by atoms with van der Waals surface area (Å²) in [5.41, 5.74) is 3.14. The van der Waals surface area contributed by atoms with Crippen LogP contribution in [0.25, 0.3) is 21.8 Å². The van der Waals surface area contributed by atoms with Gasteiger partial charge in [-0.3, -0.25) is 14.4 Å². The van der Waals surface area contributed by atoms with Crippen LogP contribution in [-0.2, 0) is 23.9 Å². The number of amides is 1. The molecular formula is C50H67FN2O6. The Morgan fingerprint density at radius 3 is 2.19 bits per heavy atom. The summed E-state index contributed by atoms with van der Waals surface area (Å²) in [5, 5.41) is 4.27. The van der Waals surface area contributed by atoms with E-state index in [9.17, 15) is 23.6 Å². The van der Waals surface area contributed by atoms with E-state index >= 15 is 0 Å². The van der Waals surface area contributed by atoms with Gasteiger partial charge in [-0.25, -0.2) is 13.8 Å². The van der Waals surface area contributed by atoms with Crippen LogP contribution >= 0.6 is 0 Å². The van der Waals surface area contributed by atoms with Crippen LogP contribution in [0.15, 0.2) is 60.2 Å². The van der Waals surface area contributed by atoms with Crippen molar-refractivity contribution < 1.29 is 33.0 Å². The van der Waals surface area contributed by atoms with Crippen molar-refractivity contribution in [3.63, 3.8) is 0 Å². The number of carbonyl (C=O) groups is 4. The second-order valence-electron chi connectivity index (χ2n) is 19.9. The Balaban J connectivity index is 0.972. The number of ether oxygens (including phenoxy) is 2. The van der Waals surface area contributed by atoms with E-state index in [0.717, 1.165) is 53.7 Å². The van der Waals surface area contributed by atoms with E-state index in [4.69, 9.17) is 9.47 Å². The molecule has 1 heterocycles. The molecule has 1 N–H and O–H groups in total. The molecule has 9 heteroatoms. The number of esters is 1. The molecule has 320 valence electrons. The van der Waals surface area contributed by atoms with Crippen molar-refractivity contribution in [3.05, 3.63) is 60.2 Å². The number of fused-ring (bicyclic) bond motifs is 8. The first-order chi connectivity index (χ1) is 28.2. The van der Waals surface area contributed by atoms with E-state index in [-0.39, 0.29) is 11.5 Å². The van der Waals surface area contributed by atoms with Crippen LogP contribution < -0.4 is 5.32 Å². The summed E-state index contributed by atoms with van der Waals surface area (Å²) in [4.78, 5) is 53.7. The molecule has 59 heavy (non-hydrogen) atoms. The normalized spacial score (nSPS) is 29.3. The van der Waals surface area contributed by atoms with Gasteiger partial charge < -0.3 is 14.8 Å². The fourth-order valence-corrected chi connectivity index (χ4v) is 12.5. The zero-order valence-corrected chi connectivity index (χ0v) is 36.4. The third kappa shape index (κ3) is 8.38. The molecule has 0 saturated heterocycles. The monoisotopic (exact) mass is 810 g/mol. The van der Waals surface area contributed by atoms with Crippen LogP contribution in [0.2, 0.25) is 0 Å². The van der Waals surface area contributed by atoms with Crippen LogP contribution in [0, 0.1) is 52.3 Å². The second kappa shape index (κ2) is 17.5. The summed E-state index contributed by atoms with van der Waals surface area (Å²) in [5.74, 6) is 1.58. The van der Waals surface area contributed by atoms with Gasteiger partial charge >= 0.3 is 12.1 Å². The molecule has 0 spiro atoms. The van der Waals surface area contributed by atoms with Crippen molar-refractivity contribution in [3.8, 4) is 0 Å². The Morgan fingerprint density at radius 1 is 0.864 bits per heavy atom. The molecule has 3 aromatic rings. The standard InChI is InChI=1S/C50H67FN2O6/c1-30(2)13-12-14-32(5)38-21-22-39-37-20-19-33-27-34(23-25-49(33,6)40(37)24-26-50(38,39)7)58-45(55)28-41(44(54)29-51)52-47(56)46(31(3)4)59-48(57)53-42-17-10-8-15-35(42)36-16-9-11-18-43(36)53/h8-11,15-19,30-32,34,37-41,46H,12-14,20-29H2,1-7H3,(H,52,56). The smallest absolute Gasteiger partial charge is 0.419 e. The molecule has 3 fully saturated rings. The van der Waals surface area contributed by atoms with E-state index in [0.29, 0.717) is 34.7 Å². The highest BCUT2D eigenvalue weighted by Crippen LogP contribution is 2.67. The number of benzene rings is 2. The number of allylic oxidation sites excluding steroid dienone is 1. The van der Waals surface area contributed by atoms with E-state index < -0.39 is 54.9 Å². The molecule has 0 aliphatic heterocycles. The van der Waals surface area contributed by atoms with Gasteiger partial charge in [0.25, 0.3) is 5.91 Å². The van der Waals surface area contributed by atoms with E-state index in [1.54, 1.807) is 13.8 Å². The number of Topliss-reactive ketones (excluding diaryl/α,β-unsaturated/α-hetero) is 1. The number of hydrogen-bond donors (Lipinski definition) is 1. The van der Waals surface area contributed by atoms with Gasteiger partial charge in [-0.1, -0.05) is 116 Å². The molecule has 1 amide bonds. The van der Waals surface area contributed by atoms with Crippen LogP contribution in [0.4, 0.5) is 9.18 Å². The van der Waals surface area contributed by atoms with Gasteiger partial charge in [-0.2, -0.15) is 0 Å². The van der Waals surface area contributed by atoms with Gasteiger partial charge in [0.1, 0.15) is 18.8 Å². The van der Waals surface area contributed by atoms with Crippen molar-refractivity contribution in [1.82, 2.24) is 9.88 Å². The van der Waals surface area contributed by atoms with Gasteiger partial charge in [0.15, 0.2) is 11.9 Å². The quantitative estimate of drug-likeness (QED) is 0.128. The van der Waals surface area contributed by atoms with Gasteiger partial charge in [0, 0.05) is 17.2 Å². The zero-order chi connectivity index (χ0) is 42.2. The number of ketones is 1. The molecule has 8 nitrogen and oxygen atoms in total. The lowest BCUT2D eigenvalue weighted by Crippen LogP contribution is -2.51. The van der Waals surface area contributed by atoms with E-state index in [2.05, 4.69) is 46.0 Å². The lowest BCUT2D eigenvalue weighted by molar-refractivity contribution is -0.153. The van der Waals surface area contributed by atoms with Gasteiger partial charge in [-0.15, -0.1) is 0 Å². The van der Waals surface area contributed by atoms with Crippen molar-refractivity contribution in [2.24, 2.45) is 52.3 Å². The summed E-state index contributed by atoms with van der Waals surface area (Å²) in [7, 11) is 0. The highest BCUT2D eigenvalue weighted by molar-refractivity contribution is 6.12. The Hall–Kier alpha value is -4.01. The van der Waals surface area contributed by atoms with Crippen molar-refractivity contribution >= 4 is 45.6 Å². The Bertz CT molecular complexity index is 2020. The predicted octanol–water partition coefficient (Wildman–Crippen LogP) is 11.2. The molecule has 1 aromatic heterocycles. The Labute approximate surface area is 350 Å². The van der Waals surface area contributed by atoms with Crippen LogP contribution in [0.3, 0.4) is 0 Å². The molecule has 3 saturated carbocycles. The molecule has 2 aromatic carbocycles. The third-order valence-corrected chi connectivity index (χ3v) is 15.6. The minimum absolute atomic E-state index is 0.0807. The first-order valence-electron chi connectivity index (χ1n) is 22.6. The molecule has 0 bridgehead atoms. The zero-order valence-electron chi connectivity index (χ0n) is 36.4. The lowest BCUT2D eigenvalue weighted by Gasteiger charge is -2.58. The maximum Gasteiger partial charge on any atom is 0.419 e. The summed E-state index contributed by atoms with van der Waals surface area (Å²) in [6.07, 6.45) is 12.2. The summed E-state index contributed by atoms with van der Waals surface area (Å²) in [6, 6.07) is 13.4. The number of hydrogen-bond acceptors (Lipinski definition) is 6. The molecular weight excluding hydrogens is 744 g/mol. The van der Waals surface area contributed by atoms with Crippen molar-refractivity contribution in [1.29, 1.82) is 0 Å². The lowest BCUT2D eigenvalue weighted by atomic mass is 9.47. The van der Waals surface area contributed by atoms with Crippen LogP contribution in [0.5, 0.6) is 0 Å². The van der Waals surface area contributed by atoms with Gasteiger partial charge in [0.2, 0.25) is 0 Å². The minimum atomic E-state index is -1.46. The van der Waals surface area contributed by atoms with Crippen molar-refractivity contribution in [2.75, 3.05) is 6.67 Å². The number of halogens is 1. The summed E-state index contributed by atoms with van der Waals surface area (Å²) >= 11 is 0. The first kappa shape index (κ1) is 43.1. The molecule has 4 aliphatic rings. The Kier molecular flexibility index (Phi) is 12.8. The van der Waals surface area contributed by atoms with Gasteiger partial charge in [0.05, 0.1) is 17.5 Å². The number of rotatable bonds is 14. The average Bonchev–Trinajstić information content (AvgIpc) is 3.74. The predicted molar refractivity (Wildman–Crippen MR) is 230 cm³/mol. The second-order valence-corrected chi connectivity index (χ2v) is 19.9. The number of nitrogens with one attached hydrogen (secondary N) is 1. The number of nitrogens with zero attached hydrogens (tertiary/aromatic N) is 1. The van der Waals surface area contributed by atoms with E-state index in [1.165, 1.54) is 55.1 Å². The largest absolute Gasteiger partial charge is 0.462 e. The molecule has 7 rings (SSSR count). The maximum absolute atomic E-state index is 13.9. The van der Waals surface area contributed by atoms with E-state index in [1.807, 2.05) is 48.5 Å². The fourth-order valence-electron chi connectivity index (χ4n) is 12.5. The Morgan fingerprint density at radius 2 is 1.54 bits per heavy atom. The number of alkyl halides is 1. The molecule has 0 radical (unpaired) electrons. The highest BCUT2D eigenvalue weighted by Gasteiger charge is 2.59. The number of para-hydroxylation sites is 2. The molecule has 10 unspecified atom stereocenters.